The number of amides is 1. The number of benzene rings is 3. The first-order chi connectivity index (χ1) is 25.3. The Labute approximate surface area is 321 Å². The van der Waals surface area contributed by atoms with Gasteiger partial charge in [-0.1, -0.05) is 60.1 Å². The van der Waals surface area contributed by atoms with Crippen molar-refractivity contribution in [3.63, 3.8) is 0 Å². The second-order valence-electron chi connectivity index (χ2n) is 13.5. The molecule has 0 unspecified atom stereocenters. The minimum absolute atomic E-state index is 0.0696. The zero-order valence-corrected chi connectivity index (χ0v) is 32.9. The summed E-state index contributed by atoms with van der Waals surface area (Å²) in [7, 11) is 6.36. The van der Waals surface area contributed by atoms with E-state index in [1.165, 1.54) is 0 Å². The summed E-state index contributed by atoms with van der Waals surface area (Å²) in [5, 5.41) is 10.4. The fraction of sp³-hybridized carbons (Fsp3) is 0.512. The summed E-state index contributed by atoms with van der Waals surface area (Å²) < 4.78 is 35.6. The van der Waals surface area contributed by atoms with Crippen LogP contribution in [0.15, 0.2) is 54.6 Å². The average Bonchev–Trinajstić information content (AvgIpc) is 3.18. The molecule has 0 aromatic heterocycles. The predicted octanol–water partition coefficient (Wildman–Crippen LogP) is 8.20. The number of carbonyl (C=O) groups is 2. The summed E-state index contributed by atoms with van der Waals surface area (Å²) >= 11 is 2.26. The van der Waals surface area contributed by atoms with Crippen LogP contribution in [0.25, 0.3) is 0 Å². The van der Waals surface area contributed by atoms with E-state index in [9.17, 15) is 14.7 Å². The summed E-state index contributed by atoms with van der Waals surface area (Å²) in [6, 6.07) is 15.6. The van der Waals surface area contributed by atoms with Crippen LogP contribution in [0.4, 0.5) is 0 Å². The fourth-order valence-corrected chi connectivity index (χ4v) is 7.88. The van der Waals surface area contributed by atoms with Crippen LogP contribution < -0.4 is 23.7 Å². The Bertz CT molecular complexity index is 1640. The Morgan fingerprint density at radius 1 is 0.808 bits per heavy atom. The third kappa shape index (κ3) is 9.56. The van der Waals surface area contributed by atoms with E-state index in [0.29, 0.717) is 66.7 Å². The number of hydrogen-bond donors (Lipinski definition) is 1. The predicted molar refractivity (Wildman–Crippen MR) is 207 cm³/mol. The van der Waals surface area contributed by atoms with Crippen LogP contribution >= 0.6 is 22.6 Å². The van der Waals surface area contributed by atoms with Crippen LogP contribution in [0.3, 0.4) is 0 Å². The van der Waals surface area contributed by atoms with Gasteiger partial charge in [-0.15, -0.1) is 0 Å². The van der Waals surface area contributed by atoms with Crippen LogP contribution in [0, 0.1) is 5.92 Å². The number of methoxy groups -OCH3 is 4. The standard InChI is InChI=1S/C41H52INO9/c1-47-34-19-17-27(23-35(34)48-2)16-18-33(29-13-10-14-31(44)24-29)52-41(46)32-15-8-9-21-43(32)40(45)38(28-11-6-5-7-12-28)30-25-36(49-3)39(50-4)37(26-30)51-22-20-42/h10,13-14,17,19,23-26,28,32-33,38,44H,5-9,11-12,15-16,18,20-22H2,1-4H3/t32-,33+,38+/m1/s1. The Kier molecular flexibility index (Phi) is 14.6. The topological polar surface area (TPSA) is 113 Å². The number of esters is 1. The number of hydrogen-bond acceptors (Lipinski definition) is 9. The van der Waals surface area contributed by atoms with Gasteiger partial charge in [0.15, 0.2) is 23.0 Å². The zero-order chi connectivity index (χ0) is 37.0. The summed E-state index contributed by atoms with van der Waals surface area (Å²) in [4.78, 5) is 31.0. The molecule has 3 aromatic rings. The number of rotatable bonds is 16. The molecular weight excluding hydrogens is 777 g/mol. The maximum absolute atomic E-state index is 15.0. The number of likely N-dealkylation sites (tertiary alicyclic amines) is 1. The number of aryl methyl sites for hydroxylation is 1. The van der Waals surface area contributed by atoms with E-state index < -0.39 is 24.0 Å². The molecule has 1 aliphatic heterocycles. The molecule has 1 saturated heterocycles. The highest BCUT2D eigenvalue weighted by Crippen LogP contribution is 2.45. The van der Waals surface area contributed by atoms with Gasteiger partial charge in [0, 0.05) is 11.0 Å². The Balaban J connectivity index is 1.44. The molecule has 52 heavy (non-hydrogen) atoms. The number of halogens is 1. The van der Waals surface area contributed by atoms with Gasteiger partial charge < -0.3 is 38.4 Å². The van der Waals surface area contributed by atoms with Crippen molar-refractivity contribution in [2.45, 2.75) is 82.3 Å². The highest BCUT2D eigenvalue weighted by atomic mass is 127. The summed E-state index contributed by atoms with van der Waals surface area (Å²) in [6.45, 7) is 0.952. The molecule has 11 heteroatoms. The number of ether oxygens (including phenoxy) is 6. The summed E-state index contributed by atoms with van der Waals surface area (Å²) in [5.41, 5.74) is 2.48. The Hall–Kier alpha value is -3.87. The van der Waals surface area contributed by atoms with Crippen molar-refractivity contribution in [1.82, 2.24) is 4.90 Å². The quantitative estimate of drug-likeness (QED) is 0.0868. The van der Waals surface area contributed by atoms with Crippen LogP contribution in [-0.4, -0.2) is 73.9 Å². The van der Waals surface area contributed by atoms with Crippen LogP contribution in [0.5, 0.6) is 34.5 Å². The molecule has 0 spiro atoms. The molecular formula is C41H52INO9. The Morgan fingerprint density at radius 2 is 1.54 bits per heavy atom. The van der Waals surface area contributed by atoms with E-state index in [1.807, 2.05) is 36.4 Å². The van der Waals surface area contributed by atoms with Crippen LogP contribution in [-0.2, 0) is 20.7 Å². The van der Waals surface area contributed by atoms with Gasteiger partial charge in [-0.05, 0) is 104 Å². The van der Waals surface area contributed by atoms with Crippen LogP contribution in [0.1, 0.15) is 86.5 Å². The maximum atomic E-state index is 15.0. The van der Waals surface area contributed by atoms with Gasteiger partial charge in [-0.25, -0.2) is 4.79 Å². The van der Waals surface area contributed by atoms with Gasteiger partial charge in [-0.3, -0.25) is 4.79 Å². The monoisotopic (exact) mass is 829 g/mol. The smallest absolute Gasteiger partial charge is 0.329 e. The highest BCUT2D eigenvalue weighted by Gasteiger charge is 2.41. The number of phenolic OH excluding ortho intramolecular Hbond substituents is 1. The molecule has 10 nitrogen and oxygen atoms in total. The summed E-state index contributed by atoms with van der Waals surface area (Å²) in [5.74, 6) is 2.01. The lowest BCUT2D eigenvalue weighted by Gasteiger charge is -2.40. The van der Waals surface area contributed by atoms with Crippen molar-refractivity contribution in [3.05, 3.63) is 71.3 Å². The minimum atomic E-state index is -0.733. The number of piperidine rings is 1. The molecule has 5 rings (SSSR count). The third-order valence-corrected chi connectivity index (χ3v) is 10.7. The minimum Gasteiger partial charge on any atom is -0.508 e. The first-order valence-electron chi connectivity index (χ1n) is 18.3. The van der Waals surface area contributed by atoms with Crippen molar-refractivity contribution in [1.29, 1.82) is 0 Å². The highest BCUT2D eigenvalue weighted by molar-refractivity contribution is 14.1. The van der Waals surface area contributed by atoms with Gasteiger partial charge in [0.25, 0.3) is 0 Å². The average molecular weight is 830 g/mol. The molecule has 1 saturated carbocycles. The van der Waals surface area contributed by atoms with Crippen molar-refractivity contribution in [2.24, 2.45) is 5.92 Å². The van der Waals surface area contributed by atoms with E-state index in [0.717, 1.165) is 60.5 Å². The molecule has 3 aromatic carbocycles. The molecule has 1 aliphatic carbocycles. The molecule has 0 bridgehead atoms. The molecule has 2 aliphatic rings. The molecule has 2 fully saturated rings. The van der Waals surface area contributed by atoms with E-state index in [-0.39, 0.29) is 17.6 Å². The van der Waals surface area contributed by atoms with E-state index in [4.69, 9.17) is 28.4 Å². The lowest BCUT2D eigenvalue weighted by molar-refractivity contribution is -0.163. The van der Waals surface area contributed by atoms with Crippen molar-refractivity contribution in [2.75, 3.05) is 46.0 Å². The second-order valence-corrected chi connectivity index (χ2v) is 14.5. The first-order valence-corrected chi connectivity index (χ1v) is 19.8. The van der Waals surface area contributed by atoms with Crippen molar-refractivity contribution >= 4 is 34.5 Å². The lowest BCUT2D eigenvalue weighted by Crippen LogP contribution is -2.51. The van der Waals surface area contributed by atoms with E-state index >= 15 is 0 Å². The maximum Gasteiger partial charge on any atom is 0.329 e. The van der Waals surface area contributed by atoms with Gasteiger partial charge >= 0.3 is 5.97 Å². The third-order valence-electron chi connectivity index (χ3n) is 10.2. The molecule has 3 atom stereocenters. The van der Waals surface area contributed by atoms with Gasteiger partial charge in [0.05, 0.1) is 41.0 Å². The second kappa shape index (κ2) is 19.3. The van der Waals surface area contributed by atoms with Gasteiger partial charge in [0.1, 0.15) is 17.9 Å². The first kappa shape index (κ1) is 39.3. The normalized spacial score (nSPS) is 17.5. The number of carbonyl (C=O) groups excluding carboxylic acids is 2. The molecule has 1 amide bonds. The van der Waals surface area contributed by atoms with Gasteiger partial charge in [-0.2, -0.15) is 0 Å². The van der Waals surface area contributed by atoms with Crippen molar-refractivity contribution < 1.29 is 43.1 Å². The molecule has 282 valence electrons. The van der Waals surface area contributed by atoms with E-state index in [2.05, 4.69) is 22.6 Å². The lowest BCUT2D eigenvalue weighted by atomic mass is 9.75. The number of nitrogens with zero attached hydrogens (tertiary/aromatic N) is 1. The largest absolute Gasteiger partial charge is 0.508 e. The molecule has 0 radical (unpaired) electrons. The molecule has 1 N–H and O–H groups in total. The number of phenols is 1. The van der Waals surface area contributed by atoms with Crippen LogP contribution in [0.2, 0.25) is 0 Å². The number of alkyl halides is 1. The Morgan fingerprint density at radius 3 is 2.23 bits per heavy atom. The zero-order valence-electron chi connectivity index (χ0n) is 30.7. The number of aromatic hydroxyl groups is 1. The SMILES string of the molecule is COc1ccc(CC[C@H](OC(=O)[C@H]2CCCCN2C(=O)[C@H](c2cc(OC)c(OC)c(OCCI)c2)C2CCCCC2)c2cccc(O)c2)cc1OC. The molecule has 1 heterocycles. The van der Waals surface area contributed by atoms with E-state index in [1.54, 1.807) is 51.5 Å². The summed E-state index contributed by atoms with van der Waals surface area (Å²) in [6.07, 6.45) is 7.61. The van der Waals surface area contributed by atoms with Gasteiger partial charge in [0.2, 0.25) is 11.7 Å². The fourth-order valence-electron chi connectivity index (χ4n) is 7.66. The van der Waals surface area contributed by atoms with Crippen molar-refractivity contribution in [3.8, 4) is 34.5 Å².